The Morgan fingerprint density at radius 1 is 1.56 bits per heavy atom. The zero-order valence-corrected chi connectivity index (χ0v) is 11.6. The Labute approximate surface area is 110 Å². The highest BCUT2D eigenvalue weighted by Gasteiger charge is 2.15. The summed E-state index contributed by atoms with van der Waals surface area (Å²) in [5, 5.41) is 14.3. The van der Waals surface area contributed by atoms with E-state index in [0.29, 0.717) is 6.54 Å². The Balaban J connectivity index is 2.02. The van der Waals surface area contributed by atoms with Crippen LogP contribution in [0.4, 0.5) is 4.79 Å². The number of carbonyl (C=O) groups is 1. The van der Waals surface area contributed by atoms with Crippen molar-refractivity contribution in [1.82, 2.24) is 15.5 Å². The van der Waals surface area contributed by atoms with Gasteiger partial charge in [-0.3, -0.25) is 0 Å². The van der Waals surface area contributed by atoms with E-state index in [9.17, 15) is 4.79 Å². The van der Waals surface area contributed by atoms with Gasteiger partial charge in [-0.05, 0) is 45.2 Å². The molecule has 0 radical (unpaired) electrons. The quantitative estimate of drug-likeness (QED) is 0.616. The van der Waals surface area contributed by atoms with Crippen molar-refractivity contribution in [2.24, 2.45) is 5.92 Å². The highest BCUT2D eigenvalue weighted by molar-refractivity contribution is 5.74. The third-order valence-corrected chi connectivity index (χ3v) is 3.33. The molecular weight excluding hydrogens is 230 g/mol. The topological polar surface area (TPSA) is 64.6 Å². The minimum absolute atomic E-state index is 0.0287. The zero-order chi connectivity index (χ0) is 13.4. The maximum absolute atomic E-state index is 11.4. The summed E-state index contributed by atoms with van der Waals surface area (Å²) in [5.41, 5.74) is 0. The number of piperidine rings is 1. The number of nitrogens with one attached hydrogen (secondary N) is 2. The maximum Gasteiger partial charge on any atom is 0.315 e. The van der Waals surface area contributed by atoms with Crippen LogP contribution in [-0.4, -0.2) is 54.9 Å². The van der Waals surface area contributed by atoms with Crippen molar-refractivity contribution in [2.45, 2.75) is 39.2 Å². The van der Waals surface area contributed by atoms with Gasteiger partial charge in [-0.2, -0.15) is 0 Å². The molecule has 0 aromatic heterocycles. The Hall–Kier alpha value is -0.810. The van der Waals surface area contributed by atoms with E-state index >= 15 is 0 Å². The predicted molar refractivity (Wildman–Crippen MR) is 72.5 cm³/mol. The van der Waals surface area contributed by atoms with Gasteiger partial charge in [0.1, 0.15) is 0 Å². The van der Waals surface area contributed by atoms with Gasteiger partial charge in [0, 0.05) is 13.1 Å². The summed E-state index contributed by atoms with van der Waals surface area (Å²) in [5.74, 6) is 0.806. The molecule has 5 heteroatoms. The van der Waals surface area contributed by atoms with E-state index in [4.69, 9.17) is 5.11 Å². The molecule has 1 fully saturated rings. The Morgan fingerprint density at radius 2 is 2.33 bits per heavy atom. The normalized spacial score (nSPS) is 22.5. The first-order valence-electron chi connectivity index (χ1n) is 6.99. The van der Waals surface area contributed by atoms with Gasteiger partial charge >= 0.3 is 6.03 Å². The number of aliphatic hydroxyl groups excluding tert-OH is 1. The minimum Gasteiger partial charge on any atom is -0.394 e. The summed E-state index contributed by atoms with van der Waals surface area (Å²) < 4.78 is 0. The maximum atomic E-state index is 11.4. The summed E-state index contributed by atoms with van der Waals surface area (Å²) in [6.07, 6.45) is 3.62. The summed E-state index contributed by atoms with van der Waals surface area (Å²) in [6.45, 7) is 8.17. The van der Waals surface area contributed by atoms with Gasteiger partial charge in [0.25, 0.3) is 0 Å². The van der Waals surface area contributed by atoms with Crippen LogP contribution >= 0.6 is 0 Å². The zero-order valence-electron chi connectivity index (χ0n) is 11.6. The van der Waals surface area contributed by atoms with Crippen LogP contribution in [0, 0.1) is 5.92 Å². The summed E-state index contributed by atoms with van der Waals surface area (Å²) in [6, 6.07) is -0.378. The lowest BCUT2D eigenvalue weighted by molar-refractivity contribution is 0.181. The van der Waals surface area contributed by atoms with Gasteiger partial charge < -0.3 is 20.6 Å². The van der Waals surface area contributed by atoms with Crippen molar-refractivity contribution in [2.75, 3.05) is 32.8 Å². The van der Waals surface area contributed by atoms with Crippen molar-refractivity contribution in [3.05, 3.63) is 0 Å². The average Bonchev–Trinajstić information content (AvgIpc) is 2.34. The highest BCUT2D eigenvalue weighted by Crippen LogP contribution is 2.15. The van der Waals surface area contributed by atoms with Gasteiger partial charge in [0.05, 0.1) is 12.6 Å². The second kappa shape index (κ2) is 8.32. The molecular formula is C13H27N3O2. The van der Waals surface area contributed by atoms with E-state index in [-0.39, 0.29) is 18.7 Å². The number of amides is 2. The number of urea groups is 1. The molecule has 3 N–H and O–H groups in total. The number of nitrogens with zero attached hydrogens (tertiary/aromatic N) is 1. The molecule has 0 aromatic rings. The number of rotatable bonds is 6. The molecule has 1 aliphatic rings. The minimum atomic E-state index is -0.191. The molecule has 1 heterocycles. The fourth-order valence-corrected chi connectivity index (χ4v) is 2.31. The Bertz CT molecular complexity index is 248. The number of likely N-dealkylation sites (tertiary alicyclic amines) is 1. The van der Waals surface area contributed by atoms with Crippen molar-refractivity contribution in [3.8, 4) is 0 Å². The first kappa shape index (κ1) is 15.2. The number of hydrogen-bond acceptors (Lipinski definition) is 3. The molecule has 0 aliphatic carbocycles. The van der Waals surface area contributed by atoms with Crippen molar-refractivity contribution >= 4 is 6.03 Å². The molecule has 0 aromatic carbocycles. The molecule has 1 saturated heterocycles. The second-order valence-electron chi connectivity index (χ2n) is 5.39. The Kier molecular flexibility index (Phi) is 7.05. The largest absolute Gasteiger partial charge is 0.394 e. The first-order chi connectivity index (χ1) is 8.61. The number of carbonyl (C=O) groups excluding carboxylic acids is 1. The standard InChI is InChI=1S/C13H27N3O2/c1-11-5-3-7-16(9-11)8-4-6-14-13(18)15-12(2)10-17/h11-12,17H,3-10H2,1-2H3,(H2,14,15,18)/t11?,12-/m0/s1. The molecule has 18 heavy (non-hydrogen) atoms. The van der Waals surface area contributed by atoms with Crippen LogP contribution in [0.2, 0.25) is 0 Å². The third-order valence-electron chi connectivity index (χ3n) is 3.33. The molecule has 2 amide bonds. The lowest BCUT2D eigenvalue weighted by atomic mass is 10.0. The van der Waals surface area contributed by atoms with Crippen LogP contribution in [0.5, 0.6) is 0 Å². The molecule has 2 atom stereocenters. The van der Waals surface area contributed by atoms with E-state index in [1.807, 2.05) is 0 Å². The van der Waals surface area contributed by atoms with E-state index < -0.39 is 0 Å². The van der Waals surface area contributed by atoms with E-state index in [1.165, 1.54) is 25.9 Å². The summed E-state index contributed by atoms with van der Waals surface area (Å²) in [7, 11) is 0. The average molecular weight is 257 g/mol. The van der Waals surface area contributed by atoms with Crippen molar-refractivity contribution in [1.29, 1.82) is 0 Å². The molecule has 5 nitrogen and oxygen atoms in total. The van der Waals surface area contributed by atoms with Gasteiger partial charge in [0.15, 0.2) is 0 Å². The van der Waals surface area contributed by atoms with Crippen LogP contribution in [0.15, 0.2) is 0 Å². The summed E-state index contributed by atoms with van der Waals surface area (Å²) in [4.78, 5) is 13.8. The predicted octanol–water partition coefficient (Wildman–Crippen LogP) is 0.788. The van der Waals surface area contributed by atoms with Crippen molar-refractivity contribution < 1.29 is 9.90 Å². The first-order valence-corrected chi connectivity index (χ1v) is 6.99. The molecule has 0 saturated carbocycles. The molecule has 106 valence electrons. The van der Waals surface area contributed by atoms with E-state index in [0.717, 1.165) is 18.9 Å². The van der Waals surface area contributed by atoms with Crippen LogP contribution in [0.1, 0.15) is 33.1 Å². The molecule has 0 spiro atoms. The van der Waals surface area contributed by atoms with Gasteiger partial charge in [-0.25, -0.2) is 4.79 Å². The van der Waals surface area contributed by atoms with E-state index in [1.54, 1.807) is 6.92 Å². The lowest BCUT2D eigenvalue weighted by Gasteiger charge is -2.30. The van der Waals surface area contributed by atoms with Crippen LogP contribution in [0.3, 0.4) is 0 Å². The van der Waals surface area contributed by atoms with Crippen LogP contribution in [-0.2, 0) is 0 Å². The molecule has 1 aliphatic heterocycles. The SMILES string of the molecule is CC1CCCN(CCCNC(=O)N[C@@H](C)CO)C1. The third kappa shape index (κ3) is 6.21. The van der Waals surface area contributed by atoms with E-state index in [2.05, 4.69) is 22.5 Å². The lowest BCUT2D eigenvalue weighted by Crippen LogP contribution is -2.43. The number of hydrogen-bond donors (Lipinski definition) is 3. The van der Waals surface area contributed by atoms with Gasteiger partial charge in [0.2, 0.25) is 0 Å². The Morgan fingerprint density at radius 3 is 3.00 bits per heavy atom. The fraction of sp³-hybridized carbons (Fsp3) is 0.923. The molecule has 1 rings (SSSR count). The molecule has 0 bridgehead atoms. The second-order valence-corrected chi connectivity index (χ2v) is 5.39. The van der Waals surface area contributed by atoms with Gasteiger partial charge in [-0.1, -0.05) is 6.92 Å². The summed E-state index contributed by atoms with van der Waals surface area (Å²) >= 11 is 0. The smallest absolute Gasteiger partial charge is 0.315 e. The fourth-order valence-electron chi connectivity index (χ4n) is 2.31. The highest BCUT2D eigenvalue weighted by atomic mass is 16.3. The van der Waals surface area contributed by atoms with Crippen molar-refractivity contribution in [3.63, 3.8) is 0 Å². The number of aliphatic hydroxyl groups is 1. The van der Waals surface area contributed by atoms with Gasteiger partial charge in [-0.15, -0.1) is 0 Å². The van der Waals surface area contributed by atoms with Crippen LogP contribution < -0.4 is 10.6 Å². The van der Waals surface area contributed by atoms with Crippen LogP contribution in [0.25, 0.3) is 0 Å². The molecule has 1 unspecified atom stereocenters. The monoisotopic (exact) mass is 257 g/mol.